The summed E-state index contributed by atoms with van der Waals surface area (Å²) in [6, 6.07) is 6.39. The minimum Gasteiger partial charge on any atom is -0.480 e. The topological polar surface area (TPSA) is 57.6 Å². The van der Waals surface area contributed by atoms with Crippen molar-refractivity contribution in [3.8, 4) is 0 Å². The van der Waals surface area contributed by atoms with Crippen LogP contribution in [0.3, 0.4) is 0 Å². The first-order valence-corrected chi connectivity index (χ1v) is 6.93. The van der Waals surface area contributed by atoms with E-state index in [2.05, 4.69) is 0 Å². The van der Waals surface area contributed by atoms with Gasteiger partial charge in [-0.1, -0.05) is 23.7 Å². The van der Waals surface area contributed by atoms with E-state index in [9.17, 15) is 9.59 Å². The van der Waals surface area contributed by atoms with Crippen molar-refractivity contribution in [1.82, 2.24) is 4.90 Å². The van der Waals surface area contributed by atoms with Crippen LogP contribution in [0.5, 0.6) is 0 Å². The Bertz CT molecular complexity index is 524. The lowest BCUT2D eigenvalue weighted by atomic mass is 10.0. The number of amides is 1. The molecule has 0 radical (unpaired) electrons. The van der Waals surface area contributed by atoms with E-state index in [1.54, 1.807) is 30.3 Å². The van der Waals surface area contributed by atoms with Gasteiger partial charge in [0.1, 0.15) is 6.04 Å². The summed E-state index contributed by atoms with van der Waals surface area (Å²) in [6.07, 6.45) is 5.32. The Balaban J connectivity index is 2.06. The summed E-state index contributed by atoms with van der Waals surface area (Å²) in [5.74, 6) is -1.19. The number of rotatable bonds is 3. The number of carboxylic acid groups (broad SMARTS) is 1. The van der Waals surface area contributed by atoms with E-state index in [0.717, 1.165) is 18.4 Å². The Kier molecular flexibility index (Phi) is 4.79. The van der Waals surface area contributed by atoms with Crippen molar-refractivity contribution in [2.75, 3.05) is 6.54 Å². The summed E-state index contributed by atoms with van der Waals surface area (Å²) < 4.78 is 0. The molecule has 1 aromatic rings. The Labute approximate surface area is 122 Å². The van der Waals surface area contributed by atoms with Gasteiger partial charge in [-0.2, -0.15) is 0 Å². The number of carbonyl (C=O) groups excluding carboxylic acids is 1. The highest BCUT2D eigenvalue weighted by atomic mass is 35.5. The average molecular weight is 294 g/mol. The fourth-order valence-corrected chi connectivity index (χ4v) is 2.42. The predicted octanol–water partition coefficient (Wildman–Crippen LogP) is 2.82. The lowest BCUT2D eigenvalue weighted by molar-refractivity contribution is -0.150. The van der Waals surface area contributed by atoms with Crippen LogP contribution in [0, 0.1) is 0 Å². The van der Waals surface area contributed by atoms with E-state index in [4.69, 9.17) is 16.7 Å². The third-order valence-corrected chi connectivity index (χ3v) is 3.61. The summed E-state index contributed by atoms with van der Waals surface area (Å²) in [7, 11) is 0. The van der Waals surface area contributed by atoms with Crippen LogP contribution >= 0.6 is 11.6 Å². The molecule has 0 bridgehead atoms. The van der Waals surface area contributed by atoms with Crippen LogP contribution in [-0.4, -0.2) is 34.5 Å². The molecule has 0 aliphatic carbocycles. The highest BCUT2D eigenvalue weighted by Gasteiger charge is 2.30. The number of likely N-dealkylation sites (tertiary alicyclic amines) is 1. The standard InChI is InChI=1S/C15H16ClNO3/c16-12-7-4-11(5-8-12)6-9-14(18)17-10-2-1-3-13(17)15(19)20/h4-9,13H,1-3,10H2,(H,19,20)/b9-6+/t13-/m0/s1. The Hall–Kier alpha value is -1.81. The number of nitrogens with zero attached hydrogens (tertiary/aromatic N) is 1. The first kappa shape index (κ1) is 14.6. The SMILES string of the molecule is O=C(O)[C@@H]1CCCCN1C(=O)/C=C/c1ccc(Cl)cc1. The van der Waals surface area contributed by atoms with Gasteiger partial charge in [0.2, 0.25) is 5.91 Å². The van der Waals surface area contributed by atoms with Gasteiger partial charge in [0, 0.05) is 17.6 Å². The van der Waals surface area contributed by atoms with Gasteiger partial charge in [-0.15, -0.1) is 0 Å². The van der Waals surface area contributed by atoms with E-state index in [-0.39, 0.29) is 5.91 Å². The normalized spacial score (nSPS) is 19.2. The van der Waals surface area contributed by atoms with E-state index in [1.807, 2.05) is 0 Å². The van der Waals surface area contributed by atoms with Crippen LogP contribution in [-0.2, 0) is 9.59 Å². The summed E-state index contributed by atoms with van der Waals surface area (Å²) in [4.78, 5) is 24.7. The van der Waals surface area contributed by atoms with Gasteiger partial charge < -0.3 is 10.0 Å². The van der Waals surface area contributed by atoms with Crippen molar-refractivity contribution in [1.29, 1.82) is 0 Å². The number of piperidine rings is 1. The molecule has 1 fully saturated rings. The maximum absolute atomic E-state index is 12.1. The van der Waals surface area contributed by atoms with Crippen LogP contribution in [0.25, 0.3) is 6.08 Å². The van der Waals surface area contributed by atoms with E-state index in [0.29, 0.717) is 18.0 Å². The molecule has 1 N–H and O–H groups in total. The number of hydrogen-bond acceptors (Lipinski definition) is 2. The minimum absolute atomic E-state index is 0.257. The monoisotopic (exact) mass is 293 g/mol. The highest BCUT2D eigenvalue weighted by molar-refractivity contribution is 6.30. The van der Waals surface area contributed by atoms with E-state index in [1.165, 1.54) is 11.0 Å². The molecule has 1 saturated heterocycles. The minimum atomic E-state index is -0.932. The molecule has 5 heteroatoms. The number of carbonyl (C=O) groups is 2. The second kappa shape index (κ2) is 6.57. The number of carboxylic acids is 1. The number of aliphatic carboxylic acids is 1. The highest BCUT2D eigenvalue weighted by Crippen LogP contribution is 2.18. The Morgan fingerprint density at radius 2 is 1.95 bits per heavy atom. The zero-order valence-corrected chi connectivity index (χ0v) is 11.7. The fraction of sp³-hybridized carbons (Fsp3) is 0.333. The van der Waals surface area contributed by atoms with Crippen molar-refractivity contribution >= 4 is 29.6 Å². The molecule has 1 aliphatic rings. The van der Waals surface area contributed by atoms with Crippen LogP contribution in [0.2, 0.25) is 5.02 Å². The average Bonchev–Trinajstić information content (AvgIpc) is 2.46. The molecule has 2 rings (SSSR count). The Morgan fingerprint density at radius 3 is 2.60 bits per heavy atom. The largest absolute Gasteiger partial charge is 0.480 e. The maximum atomic E-state index is 12.1. The van der Waals surface area contributed by atoms with Crippen LogP contribution < -0.4 is 0 Å². The van der Waals surface area contributed by atoms with Gasteiger partial charge in [-0.3, -0.25) is 4.79 Å². The van der Waals surface area contributed by atoms with Gasteiger partial charge in [-0.25, -0.2) is 4.79 Å². The summed E-state index contributed by atoms with van der Waals surface area (Å²) in [5, 5.41) is 9.78. The molecule has 1 aliphatic heterocycles. The van der Waals surface area contributed by atoms with E-state index < -0.39 is 12.0 Å². The molecule has 4 nitrogen and oxygen atoms in total. The quantitative estimate of drug-likeness (QED) is 0.872. The van der Waals surface area contributed by atoms with Crippen molar-refractivity contribution in [3.05, 3.63) is 40.9 Å². The molecule has 0 unspecified atom stereocenters. The van der Waals surface area contributed by atoms with Crippen molar-refractivity contribution in [3.63, 3.8) is 0 Å². The lowest BCUT2D eigenvalue weighted by Gasteiger charge is -2.32. The lowest BCUT2D eigenvalue weighted by Crippen LogP contribution is -2.47. The fourth-order valence-electron chi connectivity index (χ4n) is 2.29. The molecule has 106 valence electrons. The molecule has 0 saturated carbocycles. The van der Waals surface area contributed by atoms with Crippen molar-refractivity contribution in [2.45, 2.75) is 25.3 Å². The molecule has 0 aromatic heterocycles. The predicted molar refractivity (Wildman–Crippen MR) is 77.5 cm³/mol. The molecule has 20 heavy (non-hydrogen) atoms. The second-order valence-electron chi connectivity index (χ2n) is 4.77. The Morgan fingerprint density at radius 1 is 1.25 bits per heavy atom. The molecule has 1 amide bonds. The molecule has 0 spiro atoms. The molecule has 1 aromatic carbocycles. The number of halogens is 1. The zero-order valence-electron chi connectivity index (χ0n) is 11.0. The second-order valence-corrected chi connectivity index (χ2v) is 5.20. The molecular formula is C15H16ClNO3. The third kappa shape index (κ3) is 3.61. The van der Waals surface area contributed by atoms with Gasteiger partial charge in [0.05, 0.1) is 0 Å². The summed E-state index contributed by atoms with van der Waals surface area (Å²) >= 11 is 5.79. The van der Waals surface area contributed by atoms with Crippen molar-refractivity contribution in [2.24, 2.45) is 0 Å². The first-order chi connectivity index (χ1) is 9.58. The van der Waals surface area contributed by atoms with Gasteiger partial charge in [0.25, 0.3) is 0 Å². The zero-order chi connectivity index (χ0) is 14.5. The summed E-state index contributed by atoms with van der Waals surface area (Å²) in [6.45, 7) is 0.501. The maximum Gasteiger partial charge on any atom is 0.326 e. The molecule has 1 heterocycles. The summed E-state index contributed by atoms with van der Waals surface area (Å²) in [5.41, 5.74) is 0.853. The van der Waals surface area contributed by atoms with Gasteiger partial charge >= 0.3 is 5.97 Å². The number of benzene rings is 1. The molecule has 1 atom stereocenters. The van der Waals surface area contributed by atoms with Crippen LogP contribution in [0.15, 0.2) is 30.3 Å². The van der Waals surface area contributed by atoms with Crippen LogP contribution in [0.4, 0.5) is 0 Å². The van der Waals surface area contributed by atoms with E-state index >= 15 is 0 Å². The number of hydrogen-bond donors (Lipinski definition) is 1. The van der Waals surface area contributed by atoms with Crippen LogP contribution in [0.1, 0.15) is 24.8 Å². The van der Waals surface area contributed by atoms with Gasteiger partial charge in [-0.05, 0) is 43.0 Å². The van der Waals surface area contributed by atoms with Crippen molar-refractivity contribution < 1.29 is 14.7 Å². The van der Waals surface area contributed by atoms with Gasteiger partial charge in [0.15, 0.2) is 0 Å². The smallest absolute Gasteiger partial charge is 0.326 e. The third-order valence-electron chi connectivity index (χ3n) is 3.36. The molecular weight excluding hydrogens is 278 g/mol. The first-order valence-electron chi connectivity index (χ1n) is 6.55.